The van der Waals surface area contributed by atoms with Gasteiger partial charge in [0, 0.05) is 44.0 Å². The minimum Gasteiger partial charge on any atom is -0.480 e. The third kappa shape index (κ3) is 6.49. The van der Waals surface area contributed by atoms with E-state index in [9.17, 15) is 19.5 Å². The summed E-state index contributed by atoms with van der Waals surface area (Å²) in [5.41, 5.74) is 4.12. The molecular weight excluding hydrogens is 512 g/mol. The number of carbonyl (C=O) groups excluding carboxylic acids is 2. The first-order valence-electron chi connectivity index (χ1n) is 13.0. The van der Waals surface area contributed by atoms with Gasteiger partial charge in [-0.3, -0.25) is 4.79 Å². The molecule has 0 unspecified atom stereocenters. The molecule has 3 aromatic carbocycles. The highest BCUT2D eigenvalue weighted by Crippen LogP contribution is 2.21. The molecule has 11 nitrogen and oxygen atoms in total. The van der Waals surface area contributed by atoms with E-state index in [1.807, 2.05) is 54.6 Å². The first-order chi connectivity index (χ1) is 19.5. The second-order valence-corrected chi connectivity index (χ2v) is 9.41. The molecule has 1 aliphatic rings. The third-order valence-corrected chi connectivity index (χ3v) is 6.72. The highest BCUT2D eigenvalue weighted by Gasteiger charge is 2.23. The zero-order chi connectivity index (χ0) is 27.9. The molecule has 4 aromatic rings. The molecule has 0 spiro atoms. The Morgan fingerprint density at radius 2 is 1.57 bits per heavy atom. The fraction of sp³-hybridized carbons (Fsp3) is 0.241. The molecule has 0 saturated carbocycles. The SMILES string of the molecule is O=C(N[C@@H](CNC(=O)c1ccc(N2CCN(c3nc4ccccc4[nH]3)CC2)cc1)C(=O)O)OCc1ccccc1. The van der Waals surface area contributed by atoms with E-state index in [1.54, 1.807) is 24.3 Å². The second-order valence-electron chi connectivity index (χ2n) is 9.41. The number of carboxylic acids is 1. The number of aliphatic carboxylic acids is 1. The Kier molecular flexibility index (Phi) is 8.10. The Morgan fingerprint density at radius 1 is 0.900 bits per heavy atom. The molecule has 11 heteroatoms. The summed E-state index contributed by atoms with van der Waals surface area (Å²) >= 11 is 0. The lowest BCUT2D eigenvalue weighted by molar-refractivity contribution is -0.139. The van der Waals surface area contributed by atoms with Crippen LogP contribution < -0.4 is 20.4 Å². The fourth-order valence-corrected chi connectivity index (χ4v) is 4.49. The number of alkyl carbamates (subject to hydrolysis) is 1. The zero-order valence-electron chi connectivity index (χ0n) is 21.7. The van der Waals surface area contributed by atoms with Crippen molar-refractivity contribution in [2.24, 2.45) is 0 Å². The van der Waals surface area contributed by atoms with Crippen molar-refractivity contribution >= 4 is 40.6 Å². The van der Waals surface area contributed by atoms with E-state index >= 15 is 0 Å². The second kappa shape index (κ2) is 12.2. The highest BCUT2D eigenvalue weighted by molar-refractivity contribution is 5.95. The Hall–Kier alpha value is -5.06. The van der Waals surface area contributed by atoms with E-state index in [1.165, 1.54) is 0 Å². The van der Waals surface area contributed by atoms with Crippen LogP contribution in [0.2, 0.25) is 0 Å². The number of para-hydroxylation sites is 2. The third-order valence-electron chi connectivity index (χ3n) is 6.72. The van der Waals surface area contributed by atoms with Crippen molar-refractivity contribution in [3.8, 4) is 0 Å². The van der Waals surface area contributed by atoms with Crippen LogP contribution in [-0.4, -0.2) is 71.8 Å². The van der Waals surface area contributed by atoms with Crippen molar-refractivity contribution in [3.05, 3.63) is 90.0 Å². The summed E-state index contributed by atoms with van der Waals surface area (Å²) in [6.45, 7) is 2.93. The number of aromatic amines is 1. The lowest BCUT2D eigenvalue weighted by Gasteiger charge is -2.36. The quantitative estimate of drug-likeness (QED) is 0.253. The Morgan fingerprint density at radius 3 is 2.27 bits per heavy atom. The van der Waals surface area contributed by atoms with Crippen LogP contribution in [0.15, 0.2) is 78.9 Å². The van der Waals surface area contributed by atoms with Crippen molar-refractivity contribution in [2.45, 2.75) is 12.6 Å². The number of carbonyl (C=O) groups is 3. The summed E-state index contributed by atoms with van der Waals surface area (Å²) in [5, 5.41) is 14.3. The number of rotatable bonds is 9. The van der Waals surface area contributed by atoms with Gasteiger partial charge in [0.2, 0.25) is 5.95 Å². The summed E-state index contributed by atoms with van der Waals surface area (Å²) in [5.74, 6) is -0.854. The van der Waals surface area contributed by atoms with Crippen LogP contribution in [-0.2, 0) is 16.1 Å². The first-order valence-corrected chi connectivity index (χ1v) is 13.0. The van der Waals surface area contributed by atoms with Crippen LogP contribution in [0.25, 0.3) is 11.0 Å². The molecule has 1 fully saturated rings. The van der Waals surface area contributed by atoms with Gasteiger partial charge >= 0.3 is 12.1 Å². The molecule has 0 radical (unpaired) electrons. The minimum atomic E-state index is -1.34. The number of hydrogen-bond donors (Lipinski definition) is 4. The van der Waals surface area contributed by atoms with Crippen molar-refractivity contribution in [1.82, 2.24) is 20.6 Å². The molecule has 206 valence electrons. The summed E-state index contributed by atoms with van der Waals surface area (Å²) in [4.78, 5) is 48.8. The zero-order valence-corrected chi connectivity index (χ0v) is 21.7. The monoisotopic (exact) mass is 542 g/mol. The van der Waals surface area contributed by atoms with Crippen LogP contribution in [0.5, 0.6) is 0 Å². The molecule has 0 bridgehead atoms. The van der Waals surface area contributed by atoms with Gasteiger partial charge in [-0.05, 0) is 42.0 Å². The topological polar surface area (TPSA) is 140 Å². The van der Waals surface area contributed by atoms with Gasteiger partial charge in [0.15, 0.2) is 0 Å². The largest absolute Gasteiger partial charge is 0.480 e. The number of hydrogen-bond acceptors (Lipinski definition) is 7. The fourth-order valence-electron chi connectivity index (χ4n) is 4.49. The molecule has 1 aromatic heterocycles. The van der Waals surface area contributed by atoms with Crippen molar-refractivity contribution in [1.29, 1.82) is 0 Å². The average molecular weight is 543 g/mol. The van der Waals surface area contributed by atoms with Gasteiger partial charge in [-0.2, -0.15) is 0 Å². The molecule has 1 atom stereocenters. The van der Waals surface area contributed by atoms with Crippen LogP contribution in [0, 0.1) is 0 Å². The smallest absolute Gasteiger partial charge is 0.408 e. The number of piperazine rings is 1. The van der Waals surface area contributed by atoms with Gasteiger partial charge in [-0.1, -0.05) is 42.5 Å². The maximum Gasteiger partial charge on any atom is 0.408 e. The number of H-pyrrole nitrogens is 1. The van der Waals surface area contributed by atoms with Gasteiger partial charge in [0.25, 0.3) is 5.91 Å². The van der Waals surface area contributed by atoms with E-state index in [0.717, 1.165) is 54.4 Å². The number of nitrogens with one attached hydrogen (secondary N) is 3. The summed E-state index contributed by atoms with van der Waals surface area (Å²) in [6.07, 6.45) is -0.879. The van der Waals surface area contributed by atoms with Gasteiger partial charge in [-0.25, -0.2) is 14.6 Å². The number of carboxylic acid groups (broad SMARTS) is 1. The van der Waals surface area contributed by atoms with Gasteiger partial charge in [0.05, 0.1) is 11.0 Å². The van der Waals surface area contributed by atoms with Crippen LogP contribution in [0.3, 0.4) is 0 Å². The average Bonchev–Trinajstić information content (AvgIpc) is 3.43. The number of anilines is 2. The number of amides is 2. The Labute approximate surface area is 230 Å². The minimum absolute atomic E-state index is 0.00662. The number of benzene rings is 3. The molecule has 0 aliphatic carbocycles. The van der Waals surface area contributed by atoms with Crippen molar-refractivity contribution in [3.63, 3.8) is 0 Å². The van der Waals surface area contributed by atoms with Gasteiger partial charge in [0.1, 0.15) is 12.6 Å². The standard InChI is InChI=1S/C29H30N6O5/c36-26(30-18-25(27(37)38)33-29(39)40-19-20-6-2-1-3-7-20)21-10-12-22(13-11-21)34-14-16-35(17-15-34)28-31-23-8-4-5-9-24(23)32-28/h1-13,25H,14-19H2,(H,30,36)(H,31,32)(H,33,39)(H,37,38)/t25-/m0/s1. The number of fused-ring (bicyclic) bond motifs is 1. The lowest BCUT2D eigenvalue weighted by atomic mass is 10.1. The van der Waals surface area contributed by atoms with Gasteiger partial charge in [-0.15, -0.1) is 0 Å². The van der Waals surface area contributed by atoms with E-state index in [-0.39, 0.29) is 13.2 Å². The molecule has 1 saturated heterocycles. The lowest BCUT2D eigenvalue weighted by Crippen LogP contribution is -2.48. The van der Waals surface area contributed by atoms with Crippen molar-refractivity contribution in [2.75, 3.05) is 42.5 Å². The van der Waals surface area contributed by atoms with Gasteiger partial charge < -0.3 is 35.3 Å². The van der Waals surface area contributed by atoms with E-state index in [2.05, 4.69) is 30.4 Å². The van der Waals surface area contributed by atoms with E-state index in [4.69, 9.17) is 4.74 Å². The number of imidazole rings is 1. The van der Waals surface area contributed by atoms with Crippen LogP contribution in [0.1, 0.15) is 15.9 Å². The summed E-state index contributed by atoms with van der Waals surface area (Å²) in [7, 11) is 0. The Bertz CT molecular complexity index is 1430. The molecule has 5 rings (SSSR count). The van der Waals surface area contributed by atoms with Crippen LogP contribution in [0.4, 0.5) is 16.4 Å². The highest BCUT2D eigenvalue weighted by atomic mass is 16.5. The molecular formula is C29H30N6O5. The molecule has 2 heterocycles. The predicted molar refractivity (Wildman–Crippen MR) is 150 cm³/mol. The summed E-state index contributed by atoms with van der Waals surface area (Å²) < 4.78 is 5.08. The van der Waals surface area contributed by atoms with E-state index in [0.29, 0.717) is 5.56 Å². The van der Waals surface area contributed by atoms with E-state index < -0.39 is 24.0 Å². The molecule has 1 aliphatic heterocycles. The molecule has 40 heavy (non-hydrogen) atoms. The predicted octanol–water partition coefficient (Wildman–Crippen LogP) is 3.00. The normalized spacial score (nSPS) is 14.0. The maximum absolute atomic E-state index is 12.7. The number of aromatic nitrogens is 2. The first kappa shape index (κ1) is 26.5. The molecule has 2 amide bonds. The molecule has 4 N–H and O–H groups in total. The van der Waals surface area contributed by atoms with Crippen molar-refractivity contribution < 1.29 is 24.2 Å². The maximum atomic E-state index is 12.7. The number of nitrogens with zero attached hydrogens (tertiary/aromatic N) is 3. The summed E-state index contributed by atoms with van der Waals surface area (Å²) in [6, 6.07) is 22.8. The number of ether oxygens (including phenoxy) is 1. The Balaban J connectivity index is 1.09. The van der Waals surface area contributed by atoms with Crippen LogP contribution >= 0.6 is 0 Å².